The number of unbranched alkanes of at least 4 members (excludes halogenated alkanes) is 15. The van der Waals surface area contributed by atoms with Crippen molar-refractivity contribution < 1.29 is 47.9 Å². The van der Waals surface area contributed by atoms with E-state index in [1.54, 1.807) is 54.6 Å². The van der Waals surface area contributed by atoms with Crippen LogP contribution in [0.3, 0.4) is 0 Å². The van der Waals surface area contributed by atoms with Crippen LogP contribution in [0.5, 0.6) is 34.5 Å². The number of esters is 3. The fourth-order valence-electron chi connectivity index (χ4n) is 7.72. The Bertz CT molecular complexity index is 2320. The molecule has 0 aliphatic rings. The summed E-state index contributed by atoms with van der Waals surface area (Å²) in [6.07, 6.45) is 21.0. The van der Waals surface area contributed by atoms with E-state index in [-0.39, 0.29) is 22.8 Å². The Morgan fingerprint density at radius 3 is 1.52 bits per heavy atom. The van der Waals surface area contributed by atoms with Crippen LogP contribution in [0.4, 0.5) is 0 Å². The molecule has 0 aliphatic carbocycles. The zero-order chi connectivity index (χ0) is 48.9. The van der Waals surface area contributed by atoms with Crippen molar-refractivity contribution in [1.29, 1.82) is 0 Å². The molecule has 0 fully saturated rings. The maximum atomic E-state index is 13.8. The van der Waals surface area contributed by atoms with Crippen LogP contribution >= 0.6 is 0 Å². The van der Waals surface area contributed by atoms with Crippen molar-refractivity contribution in [1.82, 2.24) is 0 Å². The SMILES string of the molecule is C=CC(=O)OCCCCCCOc1ccc(C(=O)Oc2cccc(C(=O)Oc3cc(-c4ccc(-c5ccc(OCCCCCCCCC)c(O)c5)cc4)ccc3OCCCCCCCCC)c2)cc1. The molecule has 0 aliphatic heterocycles. The highest BCUT2D eigenvalue weighted by molar-refractivity contribution is 5.94. The first-order valence-corrected chi connectivity index (χ1v) is 25.2. The molecule has 5 rings (SSSR count). The number of phenolic OH excluding ortho intramolecular Hbond substituents is 1. The van der Waals surface area contributed by atoms with Gasteiger partial charge in [-0.1, -0.05) is 140 Å². The lowest BCUT2D eigenvalue weighted by molar-refractivity contribution is -0.137. The van der Waals surface area contributed by atoms with Gasteiger partial charge in [-0.3, -0.25) is 0 Å². The molecule has 10 heteroatoms. The van der Waals surface area contributed by atoms with Crippen molar-refractivity contribution in [3.63, 3.8) is 0 Å². The van der Waals surface area contributed by atoms with E-state index in [4.69, 9.17) is 28.4 Å². The van der Waals surface area contributed by atoms with Crippen molar-refractivity contribution in [2.45, 2.75) is 129 Å². The van der Waals surface area contributed by atoms with Crippen LogP contribution in [-0.2, 0) is 9.53 Å². The quantitative estimate of drug-likeness (QED) is 0.0188. The van der Waals surface area contributed by atoms with Gasteiger partial charge in [-0.25, -0.2) is 14.4 Å². The lowest BCUT2D eigenvalue weighted by Gasteiger charge is -2.14. The minimum Gasteiger partial charge on any atom is -0.504 e. The predicted molar refractivity (Wildman–Crippen MR) is 274 cm³/mol. The molecule has 0 saturated carbocycles. The zero-order valence-electron chi connectivity index (χ0n) is 40.9. The number of rotatable bonds is 33. The molecule has 0 atom stereocenters. The average Bonchev–Trinajstić information content (AvgIpc) is 3.37. The second-order valence-corrected chi connectivity index (χ2v) is 17.3. The molecule has 0 unspecified atom stereocenters. The number of carbonyl (C=O) groups excluding carboxylic acids is 3. The van der Waals surface area contributed by atoms with Crippen LogP contribution in [0.15, 0.2) is 122 Å². The van der Waals surface area contributed by atoms with E-state index in [0.717, 1.165) is 86.1 Å². The summed E-state index contributed by atoms with van der Waals surface area (Å²) in [4.78, 5) is 38.0. The van der Waals surface area contributed by atoms with Gasteiger partial charge >= 0.3 is 17.9 Å². The Morgan fingerprint density at radius 1 is 0.449 bits per heavy atom. The van der Waals surface area contributed by atoms with Crippen molar-refractivity contribution >= 4 is 17.9 Å². The van der Waals surface area contributed by atoms with Crippen LogP contribution in [0.25, 0.3) is 22.3 Å². The standard InChI is InChI=1S/C59H72O10/c1-4-7-9-11-13-15-20-39-65-54-36-32-48(43-53(54)60)45-26-28-46(29-27-45)49-33-37-55(66-40-21-16-14-12-10-8-5-2)56(44-49)69-59(63)50-24-23-25-52(42-50)68-58(62)47-30-34-51(35-31-47)64-38-19-17-18-22-41-67-57(61)6-3/h6,23-37,42-44,60H,3-5,7-22,38-41H2,1-2H3. The lowest BCUT2D eigenvalue weighted by atomic mass is 9.99. The van der Waals surface area contributed by atoms with E-state index in [1.165, 1.54) is 63.9 Å². The van der Waals surface area contributed by atoms with Crippen LogP contribution in [0, 0.1) is 0 Å². The van der Waals surface area contributed by atoms with E-state index in [9.17, 15) is 19.5 Å². The third-order valence-corrected chi connectivity index (χ3v) is 11.8. The van der Waals surface area contributed by atoms with Gasteiger partial charge in [-0.15, -0.1) is 0 Å². The van der Waals surface area contributed by atoms with Crippen molar-refractivity contribution in [2.24, 2.45) is 0 Å². The molecule has 0 saturated heterocycles. The molecule has 10 nitrogen and oxygen atoms in total. The minimum atomic E-state index is -0.631. The molecule has 368 valence electrons. The summed E-state index contributed by atoms with van der Waals surface area (Å²) in [5.74, 6) is 0.531. The molecule has 5 aromatic rings. The third-order valence-electron chi connectivity index (χ3n) is 11.8. The van der Waals surface area contributed by atoms with Gasteiger partial charge in [0.25, 0.3) is 0 Å². The number of benzene rings is 5. The molecular weight excluding hydrogens is 869 g/mol. The molecule has 0 radical (unpaired) electrons. The molecule has 0 amide bonds. The van der Waals surface area contributed by atoms with Gasteiger partial charge in [0.2, 0.25) is 0 Å². The Morgan fingerprint density at radius 2 is 0.942 bits per heavy atom. The topological polar surface area (TPSA) is 127 Å². The summed E-state index contributed by atoms with van der Waals surface area (Å²) in [5, 5.41) is 10.8. The van der Waals surface area contributed by atoms with Gasteiger partial charge in [0.1, 0.15) is 11.5 Å². The second-order valence-electron chi connectivity index (χ2n) is 17.3. The highest BCUT2D eigenvalue weighted by Gasteiger charge is 2.17. The molecular formula is C59H72O10. The van der Waals surface area contributed by atoms with Crippen LogP contribution in [-0.4, -0.2) is 49.4 Å². The van der Waals surface area contributed by atoms with E-state index < -0.39 is 17.9 Å². The number of aromatic hydroxyl groups is 1. The number of hydrogen-bond acceptors (Lipinski definition) is 10. The summed E-state index contributed by atoms with van der Waals surface area (Å²) in [5.41, 5.74) is 4.05. The Hall–Kier alpha value is -6.55. The molecule has 5 aromatic carbocycles. The minimum absolute atomic E-state index is 0.112. The lowest BCUT2D eigenvalue weighted by Crippen LogP contribution is -2.12. The largest absolute Gasteiger partial charge is 0.504 e. The van der Waals surface area contributed by atoms with Gasteiger partial charge in [0.05, 0.1) is 37.6 Å². The maximum absolute atomic E-state index is 13.8. The third kappa shape index (κ3) is 19.2. The first kappa shape index (κ1) is 53.4. The molecule has 0 spiro atoms. The first-order valence-electron chi connectivity index (χ1n) is 25.2. The maximum Gasteiger partial charge on any atom is 0.343 e. The zero-order valence-corrected chi connectivity index (χ0v) is 40.9. The fraction of sp³-hybridized carbons (Fsp3) is 0.407. The summed E-state index contributed by atoms with van der Waals surface area (Å²) >= 11 is 0. The number of carbonyl (C=O) groups is 3. The highest BCUT2D eigenvalue weighted by atomic mass is 16.6. The summed E-state index contributed by atoms with van der Waals surface area (Å²) < 4.78 is 34.7. The van der Waals surface area contributed by atoms with Gasteiger partial charge in [-0.05, 0) is 128 Å². The smallest absolute Gasteiger partial charge is 0.343 e. The molecule has 0 aromatic heterocycles. The molecule has 0 heterocycles. The number of hydrogen-bond donors (Lipinski definition) is 1. The van der Waals surface area contributed by atoms with Crippen LogP contribution in [0.1, 0.15) is 150 Å². The Kier molecular flexibility index (Phi) is 23.8. The van der Waals surface area contributed by atoms with Gasteiger partial charge < -0.3 is 33.5 Å². The summed E-state index contributed by atoms with van der Waals surface area (Å²) in [6.45, 7) is 9.78. The molecule has 1 N–H and O–H groups in total. The first-order chi connectivity index (χ1) is 33.8. The van der Waals surface area contributed by atoms with E-state index in [1.807, 2.05) is 48.5 Å². The number of ether oxygens (including phenoxy) is 6. The normalized spacial score (nSPS) is 10.9. The molecule has 0 bridgehead atoms. The van der Waals surface area contributed by atoms with Crippen LogP contribution < -0.4 is 23.7 Å². The van der Waals surface area contributed by atoms with Gasteiger partial charge in [0.15, 0.2) is 23.0 Å². The van der Waals surface area contributed by atoms with Crippen molar-refractivity contribution in [2.75, 3.05) is 26.4 Å². The Labute approximate surface area is 410 Å². The number of phenols is 1. The monoisotopic (exact) mass is 941 g/mol. The van der Waals surface area contributed by atoms with Crippen LogP contribution in [0.2, 0.25) is 0 Å². The van der Waals surface area contributed by atoms with Gasteiger partial charge in [0, 0.05) is 6.08 Å². The van der Waals surface area contributed by atoms with E-state index in [0.29, 0.717) is 49.2 Å². The average molecular weight is 941 g/mol. The van der Waals surface area contributed by atoms with Gasteiger partial charge in [-0.2, -0.15) is 0 Å². The van der Waals surface area contributed by atoms with E-state index >= 15 is 0 Å². The Balaban J connectivity index is 1.19. The van der Waals surface area contributed by atoms with Crippen molar-refractivity contribution in [3.8, 4) is 56.8 Å². The second kappa shape index (κ2) is 30.8. The summed E-state index contributed by atoms with van der Waals surface area (Å²) in [6, 6.07) is 32.1. The predicted octanol–water partition coefficient (Wildman–Crippen LogP) is 15.1. The van der Waals surface area contributed by atoms with E-state index in [2.05, 4.69) is 20.4 Å². The fourth-order valence-corrected chi connectivity index (χ4v) is 7.72. The molecule has 69 heavy (non-hydrogen) atoms. The highest BCUT2D eigenvalue weighted by Crippen LogP contribution is 2.36. The summed E-state index contributed by atoms with van der Waals surface area (Å²) in [7, 11) is 0. The van der Waals surface area contributed by atoms with Crippen molar-refractivity contribution in [3.05, 3.63) is 133 Å².